The second-order valence-corrected chi connectivity index (χ2v) is 9.41. The zero-order valence-corrected chi connectivity index (χ0v) is 16.1. The number of carbonyl (C=O) groups is 1. The lowest BCUT2D eigenvalue weighted by Crippen LogP contribution is -2.22. The number of phenolic OH excluding ortho intramolecular Hbond substituents is 1. The van der Waals surface area contributed by atoms with E-state index in [2.05, 4.69) is 5.32 Å². The summed E-state index contributed by atoms with van der Waals surface area (Å²) < 4.78 is 23.9. The van der Waals surface area contributed by atoms with Crippen LogP contribution in [0.4, 0.5) is 5.69 Å². The average Bonchev–Trinajstić information content (AvgIpc) is 2.58. The number of hydrogen-bond donors (Lipinski definition) is 2. The monoisotopic (exact) mass is 399 g/mol. The molecule has 2 aromatic rings. The van der Waals surface area contributed by atoms with Gasteiger partial charge in [0.15, 0.2) is 9.84 Å². The molecule has 0 heterocycles. The number of carbonyl (C=O) groups excluding carboxylic acids is 1. The third kappa shape index (κ3) is 5.14. The van der Waals surface area contributed by atoms with Gasteiger partial charge in [-0.25, -0.2) is 8.42 Å². The van der Waals surface area contributed by atoms with Crippen molar-refractivity contribution in [1.29, 1.82) is 0 Å². The Morgan fingerprint density at radius 1 is 1.24 bits per heavy atom. The van der Waals surface area contributed by atoms with Gasteiger partial charge in [-0.05, 0) is 49.4 Å². The van der Waals surface area contributed by atoms with E-state index in [0.717, 1.165) is 4.90 Å². The van der Waals surface area contributed by atoms with Crippen LogP contribution in [-0.2, 0) is 14.6 Å². The van der Waals surface area contributed by atoms with E-state index in [1.54, 1.807) is 19.1 Å². The number of thioether (sulfide) groups is 1. The minimum atomic E-state index is -3.43. The highest BCUT2D eigenvalue weighted by Gasteiger charge is 2.18. The molecule has 0 bridgehead atoms. The van der Waals surface area contributed by atoms with Crippen LogP contribution in [0.25, 0.3) is 0 Å². The fourth-order valence-corrected chi connectivity index (χ4v) is 3.88. The first-order chi connectivity index (χ1) is 11.7. The fraction of sp³-hybridized carbons (Fsp3) is 0.235. The van der Waals surface area contributed by atoms with Crippen molar-refractivity contribution in [2.75, 3.05) is 11.1 Å². The van der Waals surface area contributed by atoms with Gasteiger partial charge in [0.1, 0.15) is 5.75 Å². The summed E-state index contributed by atoms with van der Waals surface area (Å²) in [7, 11) is -3.43. The van der Waals surface area contributed by atoms with Gasteiger partial charge in [-0.2, -0.15) is 0 Å². The molecule has 0 saturated heterocycles. The van der Waals surface area contributed by atoms with Crippen LogP contribution in [0.2, 0.25) is 5.02 Å². The van der Waals surface area contributed by atoms with Gasteiger partial charge in [-0.1, -0.05) is 18.5 Å². The molecule has 0 unspecified atom stereocenters. The molecular formula is C17H18ClNO4S2. The Bertz CT molecular complexity index is 867. The summed E-state index contributed by atoms with van der Waals surface area (Å²) in [5.74, 6) is -0.595. The van der Waals surface area contributed by atoms with Crippen molar-refractivity contribution in [3.05, 3.63) is 47.5 Å². The molecule has 8 heteroatoms. The first-order valence-electron chi connectivity index (χ1n) is 7.52. The van der Waals surface area contributed by atoms with E-state index in [4.69, 9.17) is 11.6 Å². The van der Waals surface area contributed by atoms with Crippen LogP contribution in [0.3, 0.4) is 0 Å². The van der Waals surface area contributed by atoms with Gasteiger partial charge in [0.05, 0.1) is 21.6 Å². The highest BCUT2D eigenvalue weighted by molar-refractivity contribution is 8.00. The van der Waals surface area contributed by atoms with E-state index in [1.165, 1.54) is 36.9 Å². The molecule has 0 aliphatic heterocycles. The van der Waals surface area contributed by atoms with Crippen molar-refractivity contribution in [2.45, 2.75) is 28.9 Å². The van der Waals surface area contributed by atoms with Crippen molar-refractivity contribution in [2.24, 2.45) is 0 Å². The lowest BCUT2D eigenvalue weighted by molar-refractivity contribution is -0.115. The molecule has 0 fully saturated rings. The largest absolute Gasteiger partial charge is 0.506 e. The number of halogens is 1. The third-order valence-corrected chi connectivity index (χ3v) is 6.56. The summed E-state index contributed by atoms with van der Waals surface area (Å²) in [6.45, 7) is 3.25. The van der Waals surface area contributed by atoms with E-state index in [1.807, 2.05) is 12.1 Å². The smallest absolute Gasteiger partial charge is 0.237 e. The standard InChI is InChI=1S/C17H18ClNO4S2/c1-3-25(22,23)14-8-9-16(20)15(10-14)19-17(21)11(2)24-13-6-4-12(18)5-7-13/h4-11,20H,3H2,1-2H3,(H,19,21)/t11-/m0/s1. The predicted molar refractivity (Wildman–Crippen MR) is 101 cm³/mol. The molecule has 0 spiro atoms. The molecule has 1 atom stereocenters. The first-order valence-corrected chi connectivity index (χ1v) is 10.4. The van der Waals surface area contributed by atoms with Crippen LogP contribution < -0.4 is 5.32 Å². The van der Waals surface area contributed by atoms with E-state index in [0.29, 0.717) is 5.02 Å². The molecule has 0 saturated carbocycles. The summed E-state index contributed by atoms with van der Waals surface area (Å²) in [6.07, 6.45) is 0. The molecule has 1 amide bonds. The Kier molecular flexibility index (Phi) is 6.37. The highest BCUT2D eigenvalue weighted by Crippen LogP contribution is 2.29. The Labute approximate surface area is 156 Å². The van der Waals surface area contributed by atoms with Crippen LogP contribution in [0, 0.1) is 0 Å². The van der Waals surface area contributed by atoms with E-state index in [-0.39, 0.29) is 28.0 Å². The second kappa shape index (κ2) is 8.12. The number of nitrogens with one attached hydrogen (secondary N) is 1. The SMILES string of the molecule is CCS(=O)(=O)c1ccc(O)c(NC(=O)[C@H](C)Sc2ccc(Cl)cc2)c1. The topological polar surface area (TPSA) is 83.5 Å². The van der Waals surface area contributed by atoms with Crippen molar-refractivity contribution >= 4 is 44.8 Å². The minimum Gasteiger partial charge on any atom is -0.506 e. The number of aromatic hydroxyl groups is 1. The van der Waals surface area contributed by atoms with Crippen LogP contribution in [0.5, 0.6) is 5.75 Å². The predicted octanol–water partition coefficient (Wildman–Crippen LogP) is 3.96. The van der Waals surface area contributed by atoms with Crippen LogP contribution in [-0.4, -0.2) is 30.4 Å². The molecule has 0 aliphatic carbocycles. The number of anilines is 1. The Balaban J connectivity index is 2.14. The molecule has 0 aromatic heterocycles. The molecule has 25 heavy (non-hydrogen) atoms. The molecule has 0 aliphatic rings. The Morgan fingerprint density at radius 3 is 2.48 bits per heavy atom. The summed E-state index contributed by atoms with van der Waals surface area (Å²) in [4.78, 5) is 13.3. The van der Waals surface area contributed by atoms with Gasteiger partial charge < -0.3 is 10.4 Å². The lowest BCUT2D eigenvalue weighted by atomic mass is 10.3. The van der Waals surface area contributed by atoms with Gasteiger partial charge in [-0.3, -0.25) is 4.79 Å². The van der Waals surface area contributed by atoms with Gasteiger partial charge in [-0.15, -0.1) is 11.8 Å². The molecule has 134 valence electrons. The lowest BCUT2D eigenvalue weighted by Gasteiger charge is -2.14. The number of hydrogen-bond acceptors (Lipinski definition) is 5. The highest BCUT2D eigenvalue weighted by atomic mass is 35.5. The summed E-state index contributed by atoms with van der Waals surface area (Å²) in [6, 6.07) is 10.9. The van der Waals surface area contributed by atoms with Crippen LogP contribution >= 0.6 is 23.4 Å². The molecule has 2 aromatic carbocycles. The summed E-state index contributed by atoms with van der Waals surface area (Å²) >= 11 is 7.16. The maximum absolute atomic E-state index is 12.3. The van der Waals surface area contributed by atoms with Crippen LogP contribution in [0.15, 0.2) is 52.3 Å². The average molecular weight is 400 g/mol. The van der Waals surface area contributed by atoms with Gasteiger partial charge in [0, 0.05) is 9.92 Å². The summed E-state index contributed by atoms with van der Waals surface area (Å²) in [5.41, 5.74) is 0.0723. The Morgan fingerprint density at radius 2 is 1.88 bits per heavy atom. The number of phenols is 1. The molecule has 2 N–H and O–H groups in total. The van der Waals surface area contributed by atoms with Crippen molar-refractivity contribution in [3.8, 4) is 5.75 Å². The molecular weight excluding hydrogens is 382 g/mol. The van der Waals surface area contributed by atoms with Crippen molar-refractivity contribution in [1.82, 2.24) is 0 Å². The van der Waals surface area contributed by atoms with Gasteiger partial charge in [0.25, 0.3) is 0 Å². The van der Waals surface area contributed by atoms with Crippen molar-refractivity contribution < 1.29 is 18.3 Å². The van der Waals surface area contributed by atoms with E-state index < -0.39 is 15.1 Å². The van der Waals surface area contributed by atoms with E-state index >= 15 is 0 Å². The molecule has 0 radical (unpaired) electrons. The fourth-order valence-electron chi connectivity index (χ4n) is 1.98. The minimum absolute atomic E-state index is 0.0566. The number of rotatable bonds is 6. The van der Waals surface area contributed by atoms with E-state index in [9.17, 15) is 18.3 Å². The van der Waals surface area contributed by atoms with Gasteiger partial charge in [0.2, 0.25) is 5.91 Å². The molecule has 2 rings (SSSR count). The normalized spacial score (nSPS) is 12.6. The quantitative estimate of drug-likeness (QED) is 0.567. The summed E-state index contributed by atoms with van der Waals surface area (Å²) in [5, 5.41) is 12.6. The third-order valence-electron chi connectivity index (χ3n) is 3.46. The number of sulfone groups is 1. The Hall–Kier alpha value is -1.70. The van der Waals surface area contributed by atoms with Gasteiger partial charge >= 0.3 is 0 Å². The maximum Gasteiger partial charge on any atom is 0.237 e. The second-order valence-electron chi connectivity index (χ2n) is 5.29. The maximum atomic E-state index is 12.3. The number of amides is 1. The van der Waals surface area contributed by atoms with Crippen molar-refractivity contribution in [3.63, 3.8) is 0 Å². The zero-order chi connectivity index (χ0) is 18.6. The zero-order valence-electron chi connectivity index (χ0n) is 13.7. The number of benzene rings is 2. The first kappa shape index (κ1) is 19.6. The molecule has 5 nitrogen and oxygen atoms in total. The van der Waals surface area contributed by atoms with Crippen LogP contribution in [0.1, 0.15) is 13.8 Å².